The molecule has 1 amide bonds. The molecule has 1 aliphatic rings. The molecular formula is C25H20NO13S3-3. The molecule has 0 unspecified atom stereocenters. The van der Waals surface area contributed by atoms with E-state index < -0.39 is 39.4 Å². The number of aliphatic carboxylic acids is 1. The number of rotatable bonds is 12. The summed E-state index contributed by atoms with van der Waals surface area (Å²) in [5.74, 6) is -1.56. The Kier molecular flexibility index (Phi) is 9.23. The number of benzene rings is 4. The van der Waals surface area contributed by atoms with Crippen molar-refractivity contribution in [2.24, 2.45) is 5.92 Å². The summed E-state index contributed by atoms with van der Waals surface area (Å²) >= 11 is 0.958. The Hall–Kier alpha value is -2.97. The van der Waals surface area contributed by atoms with Gasteiger partial charge >= 0.3 is 5.97 Å². The van der Waals surface area contributed by atoms with E-state index in [-0.39, 0.29) is 22.1 Å². The second-order valence-electron chi connectivity index (χ2n) is 9.45. The molecule has 1 fully saturated rings. The van der Waals surface area contributed by atoms with E-state index in [1.807, 2.05) is 0 Å². The third-order valence-corrected chi connectivity index (χ3v) is 9.28. The van der Waals surface area contributed by atoms with Crippen molar-refractivity contribution in [2.45, 2.75) is 46.4 Å². The van der Waals surface area contributed by atoms with Crippen LogP contribution in [0.15, 0.2) is 51.1 Å². The molecule has 4 aromatic carbocycles. The molecule has 0 aliphatic heterocycles. The van der Waals surface area contributed by atoms with E-state index in [1.54, 1.807) is 12.1 Å². The number of carboxylic acid groups (broad SMARTS) is 1. The first-order valence-electron chi connectivity index (χ1n) is 12.3. The average molecular weight is 639 g/mol. The highest BCUT2D eigenvalue weighted by molar-refractivity contribution is 7.95. The summed E-state index contributed by atoms with van der Waals surface area (Å²) in [4.78, 5) is 23.7. The number of carboxylic acids is 1. The van der Waals surface area contributed by atoms with Gasteiger partial charge in [-0.1, -0.05) is 18.2 Å². The molecular weight excluding hydrogens is 618 g/mol. The van der Waals surface area contributed by atoms with Crippen molar-refractivity contribution < 1.29 is 61.7 Å². The number of hydrogen-bond donors (Lipinski definition) is 2. The smallest absolute Gasteiger partial charge is 0.306 e. The molecule has 1 saturated carbocycles. The summed E-state index contributed by atoms with van der Waals surface area (Å²) in [5.41, 5.74) is 0. The maximum absolute atomic E-state index is 12.7. The molecule has 2 N–H and O–H groups in total. The van der Waals surface area contributed by atoms with Crippen LogP contribution in [0.3, 0.4) is 0 Å². The first kappa shape index (κ1) is 30.5. The summed E-state index contributed by atoms with van der Waals surface area (Å²) in [6.07, 6.45) is 1.93. The van der Waals surface area contributed by atoms with Crippen LogP contribution in [-0.2, 0) is 38.5 Å². The maximum atomic E-state index is 12.7. The van der Waals surface area contributed by atoms with Crippen LogP contribution in [0.4, 0.5) is 0 Å². The molecule has 5 rings (SSSR count). The Balaban J connectivity index is 1.56. The second-order valence-corrected chi connectivity index (χ2v) is 12.3. The van der Waals surface area contributed by atoms with Crippen molar-refractivity contribution in [2.75, 3.05) is 6.61 Å². The minimum Gasteiger partial charge on any atom is -0.744 e. The zero-order chi connectivity index (χ0) is 30.0. The summed E-state index contributed by atoms with van der Waals surface area (Å²) < 4.78 is 51.4. The van der Waals surface area contributed by atoms with Crippen LogP contribution in [0, 0.1) is 5.92 Å². The van der Waals surface area contributed by atoms with Crippen LogP contribution in [0.25, 0.3) is 32.3 Å². The van der Waals surface area contributed by atoms with Gasteiger partial charge in [0.15, 0.2) is 6.61 Å². The molecule has 0 atom stereocenters. The fraction of sp³-hybridized carbons (Fsp3) is 0.280. The molecule has 0 aromatic heterocycles. The number of nitrogens with one attached hydrogen (secondary N) is 1. The molecule has 0 heterocycles. The van der Waals surface area contributed by atoms with Crippen molar-refractivity contribution in [3.63, 3.8) is 0 Å². The van der Waals surface area contributed by atoms with Crippen LogP contribution < -0.4 is 20.6 Å². The Bertz CT molecular complexity index is 1740. The lowest BCUT2D eigenvalue weighted by Gasteiger charge is -2.26. The minimum atomic E-state index is -5.00. The van der Waals surface area contributed by atoms with Crippen molar-refractivity contribution in [3.05, 3.63) is 36.4 Å². The normalized spacial score (nSPS) is 17.7. The minimum absolute atomic E-state index is 0.0780. The molecule has 224 valence electrons. The summed E-state index contributed by atoms with van der Waals surface area (Å²) in [6, 6.07) is 8.56. The molecule has 0 bridgehead atoms. The molecule has 42 heavy (non-hydrogen) atoms. The van der Waals surface area contributed by atoms with Crippen LogP contribution in [0.5, 0.6) is 5.75 Å². The fourth-order valence-corrected chi connectivity index (χ4v) is 7.15. The quantitative estimate of drug-likeness (QED) is 0.0747. The maximum Gasteiger partial charge on any atom is 0.306 e. The third-order valence-electron chi connectivity index (χ3n) is 7.12. The number of carbonyl (C=O) groups excluding carboxylic acids is 1. The molecule has 0 spiro atoms. The summed E-state index contributed by atoms with van der Waals surface area (Å²) in [7, 11) is -5.00. The number of ether oxygens (including phenoxy) is 1. The van der Waals surface area contributed by atoms with Gasteiger partial charge in [-0.15, -0.1) is 0 Å². The predicted molar refractivity (Wildman–Crippen MR) is 141 cm³/mol. The lowest BCUT2D eigenvalue weighted by molar-refractivity contribution is -0.777. The van der Waals surface area contributed by atoms with Gasteiger partial charge in [-0.2, -0.15) is 8.67 Å². The topological polar surface area (TPSA) is 216 Å². The second kappa shape index (κ2) is 12.7. The zero-order valence-electron chi connectivity index (χ0n) is 21.2. The Morgan fingerprint density at radius 1 is 0.881 bits per heavy atom. The van der Waals surface area contributed by atoms with Crippen molar-refractivity contribution in [3.8, 4) is 5.75 Å². The SMILES string of the molecule is O=C(COc1cc(SOO[O-])c2ccc3c(SOO[O-])cc(S(=O)(=O)[O-])c4ccc1c2c34)NC1CCC(C(=O)O)CC1. The molecule has 14 nitrogen and oxygen atoms in total. The van der Waals surface area contributed by atoms with Gasteiger partial charge in [0.25, 0.3) is 5.91 Å². The van der Waals surface area contributed by atoms with E-state index >= 15 is 0 Å². The highest BCUT2D eigenvalue weighted by atomic mass is 32.2. The standard InChI is InChI=1S/C25H23NO13S3/c27-22(26-13-3-1-12(2-4-13)25(28)29)11-35-18-9-19(40-38-36-30)15-6-7-16-20(41-39-37-31)10-21(42(32,33)34)17-8-5-14(18)23(15)24(16)17/h5-10,12-13,30-31H,1-4,11H2,(H,26,27)(H,28,29)(H,32,33,34)/p-3. The van der Waals surface area contributed by atoms with Crippen molar-refractivity contribution in [1.29, 1.82) is 0 Å². The van der Waals surface area contributed by atoms with Gasteiger partial charge in [0, 0.05) is 27.1 Å². The molecule has 0 radical (unpaired) electrons. The van der Waals surface area contributed by atoms with E-state index in [4.69, 9.17) is 4.74 Å². The van der Waals surface area contributed by atoms with Crippen molar-refractivity contribution in [1.82, 2.24) is 5.32 Å². The number of amides is 1. The third kappa shape index (κ3) is 6.20. The summed E-state index contributed by atoms with van der Waals surface area (Å²) in [5, 5.41) is 42.1. The highest BCUT2D eigenvalue weighted by Crippen LogP contribution is 2.47. The van der Waals surface area contributed by atoms with Gasteiger partial charge < -0.3 is 30.2 Å². The van der Waals surface area contributed by atoms with Gasteiger partial charge in [-0.25, -0.2) is 8.42 Å². The van der Waals surface area contributed by atoms with E-state index in [9.17, 15) is 38.2 Å². The molecule has 1 aliphatic carbocycles. The van der Waals surface area contributed by atoms with E-state index in [0.29, 0.717) is 81.6 Å². The van der Waals surface area contributed by atoms with Crippen molar-refractivity contribution >= 4 is 78.4 Å². The number of carbonyl (C=O) groups is 2. The van der Waals surface area contributed by atoms with Crippen LogP contribution in [0.1, 0.15) is 25.7 Å². The average Bonchev–Trinajstić information content (AvgIpc) is 2.96. The predicted octanol–water partition coefficient (Wildman–Crippen LogP) is 2.09. The molecule has 0 saturated heterocycles. The largest absolute Gasteiger partial charge is 0.744 e. The van der Waals surface area contributed by atoms with Crippen LogP contribution in [0.2, 0.25) is 0 Å². The van der Waals surface area contributed by atoms with E-state index in [2.05, 4.69) is 24.1 Å². The monoisotopic (exact) mass is 638 g/mol. The molecule has 17 heteroatoms. The molecule has 4 aromatic rings. The van der Waals surface area contributed by atoms with Gasteiger partial charge in [-0.3, -0.25) is 19.7 Å². The first-order chi connectivity index (χ1) is 20.1. The van der Waals surface area contributed by atoms with E-state index in [0.717, 1.165) is 6.07 Å². The van der Waals surface area contributed by atoms with E-state index in [1.165, 1.54) is 18.2 Å². The van der Waals surface area contributed by atoms with Crippen LogP contribution >= 0.6 is 24.1 Å². The number of hydrogen-bond acceptors (Lipinski definition) is 14. The van der Waals surface area contributed by atoms with Gasteiger partial charge in [0.05, 0.1) is 39.8 Å². The van der Waals surface area contributed by atoms with Gasteiger partial charge in [-0.05, 0) is 60.0 Å². The Morgan fingerprint density at radius 2 is 1.43 bits per heavy atom. The highest BCUT2D eigenvalue weighted by Gasteiger charge is 2.27. The van der Waals surface area contributed by atoms with Gasteiger partial charge in [0.2, 0.25) is 0 Å². The van der Waals surface area contributed by atoms with Gasteiger partial charge in [0.1, 0.15) is 15.9 Å². The first-order valence-corrected chi connectivity index (χ1v) is 15.2. The summed E-state index contributed by atoms with van der Waals surface area (Å²) in [6.45, 7) is -0.415. The lowest BCUT2D eigenvalue weighted by Crippen LogP contribution is -2.40. The Morgan fingerprint density at radius 3 is 2.00 bits per heavy atom. The zero-order valence-corrected chi connectivity index (χ0v) is 23.7. The lowest BCUT2D eigenvalue weighted by atomic mass is 9.86. The Labute approximate surface area is 246 Å². The fourth-order valence-electron chi connectivity index (χ4n) is 5.33. The van der Waals surface area contributed by atoms with Crippen LogP contribution in [-0.4, -0.2) is 42.6 Å².